The summed E-state index contributed by atoms with van der Waals surface area (Å²) in [5, 5.41) is 10.6. The minimum absolute atomic E-state index is 0.0670. The Labute approximate surface area is 186 Å². The van der Waals surface area contributed by atoms with Crippen LogP contribution in [0.1, 0.15) is 33.2 Å². The Morgan fingerprint density at radius 3 is 2.71 bits per heavy atom. The summed E-state index contributed by atoms with van der Waals surface area (Å²) < 4.78 is 22.0. The number of carbonyl (C=O) groups excluding carboxylic acids is 1. The quantitative estimate of drug-likeness (QED) is 0.428. The largest absolute Gasteiger partial charge is 0.441 e. The third kappa shape index (κ3) is 4.27. The highest BCUT2D eigenvalue weighted by Gasteiger charge is 2.20. The molecular weight excluding hydrogens is 465 g/mol. The maximum absolute atomic E-state index is 14.0. The molecule has 4 aromatic rings. The van der Waals surface area contributed by atoms with Crippen molar-refractivity contribution in [1.82, 2.24) is 20.0 Å². The van der Waals surface area contributed by atoms with E-state index in [2.05, 4.69) is 36.5 Å². The van der Waals surface area contributed by atoms with Gasteiger partial charge in [-0.15, -0.1) is 5.10 Å². The number of nitrogens with one attached hydrogen (secondary N) is 1. The Morgan fingerprint density at radius 2 is 1.97 bits per heavy atom. The number of nitrogens with zero attached hydrogens (tertiary/aromatic N) is 4. The summed E-state index contributed by atoms with van der Waals surface area (Å²) in [6.45, 7) is 5.85. The third-order valence-corrected chi connectivity index (χ3v) is 5.44. The lowest BCUT2D eigenvalue weighted by Crippen LogP contribution is -2.15. The smallest absolute Gasteiger partial charge is 0.278 e. The van der Waals surface area contributed by atoms with Crippen LogP contribution in [-0.2, 0) is 6.54 Å². The Morgan fingerprint density at radius 1 is 1.19 bits per heavy atom. The van der Waals surface area contributed by atoms with E-state index in [1.54, 1.807) is 17.7 Å². The molecule has 0 atom stereocenters. The molecule has 0 saturated heterocycles. The molecule has 2 aromatic carbocycles. The summed E-state index contributed by atoms with van der Waals surface area (Å²) in [5.41, 5.74) is 3.39. The third-order valence-electron chi connectivity index (χ3n) is 4.94. The summed E-state index contributed by atoms with van der Waals surface area (Å²) in [5.74, 6) is 0.111. The summed E-state index contributed by atoms with van der Waals surface area (Å²) in [6, 6.07) is 12.2. The SMILES string of the molecule is Cc1ccccc1-c1nc(Cn2nnc(C(=O)Nc3ccc(Br)cc3F)c2C)c(C)o1. The van der Waals surface area contributed by atoms with Gasteiger partial charge in [-0.2, -0.15) is 0 Å². The molecule has 1 amide bonds. The molecule has 158 valence electrons. The molecule has 0 fully saturated rings. The molecule has 2 aromatic heterocycles. The van der Waals surface area contributed by atoms with Gasteiger partial charge in [0, 0.05) is 10.0 Å². The van der Waals surface area contributed by atoms with Gasteiger partial charge >= 0.3 is 0 Å². The fraction of sp³-hybridized carbons (Fsp3) is 0.182. The van der Waals surface area contributed by atoms with E-state index in [4.69, 9.17) is 4.42 Å². The summed E-state index contributed by atoms with van der Waals surface area (Å²) >= 11 is 3.19. The first-order chi connectivity index (χ1) is 14.8. The van der Waals surface area contributed by atoms with Crippen molar-refractivity contribution in [2.45, 2.75) is 27.3 Å². The van der Waals surface area contributed by atoms with Crippen LogP contribution in [0.4, 0.5) is 10.1 Å². The lowest BCUT2D eigenvalue weighted by Gasteiger charge is -2.06. The Hall–Kier alpha value is -3.33. The molecule has 31 heavy (non-hydrogen) atoms. The van der Waals surface area contributed by atoms with Crippen LogP contribution in [0.15, 0.2) is 51.4 Å². The lowest BCUT2D eigenvalue weighted by atomic mass is 10.1. The zero-order valence-electron chi connectivity index (χ0n) is 17.1. The second kappa shape index (κ2) is 8.43. The van der Waals surface area contributed by atoms with E-state index in [-0.39, 0.29) is 11.4 Å². The highest BCUT2D eigenvalue weighted by atomic mass is 79.9. The first-order valence-electron chi connectivity index (χ1n) is 9.52. The monoisotopic (exact) mass is 483 g/mol. The van der Waals surface area contributed by atoms with Crippen molar-refractivity contribution >= 4 is 27.5 Å². The first kappa shape index (κ1) is 20.9. The predicted molar refractivity (Wildman–Crippen MR) is 117 cm³/mol. The van der Waals surface area contributed by atoms with Crippen molar-refractivity contribution < 1.29 is 13.6 Å². The van der Waals surface area contributed by atoms with Gasteiger partial charge in [0.05, 0.1) is 17.9 Å². The zero-order chi connectivity index (χ0) is 22.1. The van der Waals surface area contributed by atoms with Crippen LogP contribution in [0.2, 0.25) is 0 Å². The summed E-state index contributed by atoms with van der Waals surface area (Å²) in [7, 11) is 0. The average molecular weight is 484 g/mol. The molecule has 0 bridgehead atoms. The van der Waals surface area contributed by atoms with Crippen LogP contribution >= 0.6 is 15.9 Å². The Balaban J connectivity index is 1.55. The Bertz CT molecular complexity index is 1280. The van der Waals surface area contributed by atoms with Crippen molar-refractivity contribution in [3.05, 3.63) is 81.2 Å². The molecular formula is C22H19BrFN5O2. The molecule has 0 aliphatic carbocycles. The average Bonchev–Trinajstić information content (AvgIpc) is 3.27. The second-order valence-electron chi connectivity index (χ2n) is 7.10. The van der Waals surface area contributed by atoms with Gasteiger partial charge in [-0.1, -0.05) is 39.3 Å². The maximum atomic E-state index is 14.0. The number of aromatic nitrogens is 4. The molecule has 0 unspecified atom stereocenters. The lowest BCUT2D eigenvalue weighted by molar-refractivity contribution is 0.102. The number of hydrogen-bond donors (Lipinski definition) is 1. The number of amides is 1. The topological polar surface area (TPSA) is 85.8 Å². The second-order valence-corrected chi connectivity index (χ2v) is 8.01. The number of carbonyl (C=O) groups is 1. The summed E-state index contributed by atoms with van der Waals surface area (Å²) in [4.78, 5) is 17.2. The van der Waals surface area contributed by atoms with Crippen LogP contribution in [0, 0.1) is 26.6 Å². The minimum atomic E-state index is -0.547. The molecule has 2 heterocycles. The van der Waals surface area contributed by atoms with Gasteiger partial charge in [0.25, 0.3) is 5.91 Å². The number of hydrogen-bond acceptors (Lipinski definition) is 5. The van der Waals surface area contributed by atoms with Crippen LogP contribution in [-0.4, -0.2) is 25.9 Å². The highest BCUT2D eigenvalue weighted by Crippen LogP contribution is 2.25. The molecule has 9 heteroatoms. The van der Waals surface area contributed by atoms with E-state index >= 15 is 0 Å². The molecule has 0 saturated carbocycles. The van der Waals surface area contributed by atoms with Gasteiger partial charge in [-0.25, -0.2) is 14.1 Å². The van der Waals surface area contributed by atoms with Crippen molar-refractivity contribution in [3.63, 3.8) is 0 Å². The number of benzene rings is 2. The number of halogens is 2. The fourth-order valence-corrected chi connectivity index (χ4v) is 3.47. The van der Waals surface area contributed by atoms with Gasteiger partial charge in [0.1, 0.15) is 17.3 Å². The number of anilines is 1. The van der Waals surface area contributed by atoms with E-state index in [1.807, 2.05) is 38.1 Å². The van der Waals surface area contributed by atoms with Gasteiger partial charge in [-0.05, 0) is 50.6 Å². The van der Waals surface area contributed by atoms with Crippen LogP contribution in [0.25, 0.3) is 11.5 Å². The van der Waals surface area contributed by atoms with Crippen molar-refractivity contribution in [2.24, 2.45) is 0 Å². The van der Waals surface area contributed by atoms with E-state index in [0.29, 0.717) is 34.1 Å². The number of rotatable bonds is 5. The maximum Gasteiger partial charge on any atom is 0.278 e. The van der Waals surface area contributed by atoms with Gasteiger partial charge in [0.2, 0.25) is 5.89 Å². The number of oxazole rings is 1. The zero-order valence-corrected chi connectivity index (χ0v) is 18.7. The van der Waals surface area contributed by atoms with Crippen molar-refractivity contribution in [1.29, 1.82) is 0 Å². The minimum Gasteiger partial charge on any atom is -0.441 e. The fourth-order valence-electron chi connectivity index (χ4n) is 3.14. The predicted octanol–water partition coefficient (Wildman–Crippen LogP) is 5.06. The molecule has 0 radical (unpaired) electrons. The van der Waals surface area contributed by atoms with E-state index in [0.717, 1.165) is 11.1 Å². The van der Waals surface area contributed by atoms with Crippen molar-refractivity contribution in [2.75, 3.05) is 5.32 Å². The normalized spacial score (nSPS) is 11.0. The molecule has 0 aliphatic heterocycles. The molecule has 7 nitrogen and oxygen atoms in total. The van der Waals surface area contributed by atoms with Crippen molar-refractivity contribution in [3.8, 4) is 11.5 Å². The molecule has 0 spiro atoms. The van der Waals surface area contributed by atoms with Crippen LogP contribution in [0.5, 0.6) is 0 Å². The van der Waals surface area contributed by atoms with E-state index < -0.39 is 11.7 Å². The molecule has 0 aliphatic rings. The highest BCUT2D eigenvalue weighted by molar-refractivity contribution is 9.10. The van der Waals surface area contributed by atoms with Gasteiger partial charge in [0.15, 0.2) is 5.69 Å². The number of aryl methyl sites for hydroxylation is 2. The Kier molecular flexibility index (Phi) is 5.69. The van der Waals surface area contributed by atoms with E-state index in [9.17, 15) is 9.18 Å². The van der Waals surface area contributed by atoms with Crippen LogP contribution in [0.3, 0.4) is 0 Å². The molecule has 1 N–H and O–H groups in total. The van der Waals surface area contributed by atoms with Crippen LogP contribution < -0.4 is 5.32 Å². The first-order valence-corrected chi connectivity index (χ1v) is 10.3. The van der Waals surface area contributed by atoms with E-state index in [1.165, 1.54) is 12.1 Å². The standard InChI is InChI=1S/C22H19BrFN5O2/c1-12-6-4-5-7-16(12)22-26-19(14(3)31-22)11-29-13(2)20(27-28-29)21(30)25-18-9-8-15(23)10-17(18)24/h4-10H,11H2,1-3H3,(H,25,30). The van der Waals surface area contributed by atoms with Gasteiger partial charge in [-0.3, -0.25) is 4.79 Å². The molecule has 4 rings (SSSR count). The van der Waals surface area contributed by atoms with Gasteiger partial charge < -0.3 is 9.73 Å². The summed E-state index contributed by atoms with van der Waals surface area (Å²) in [6.07, 6.45) is 0.